The standard InChI is InChI=1S/C28H32N2O3/c1-27-14-25(32)22-13-19-12-20(31)6-8-28(19,33)9-7-21(22)24(27)5-4-23(27)17-3-2-16-11-26(29)30-15-18(16)10-17/h2-4,10-11,13,15,20,24-25,31-33H,5-9,12,14H2,1H3,(H2,29,30)/t20?,24?,25?,27?,28-/m0/s1. The molecule has 172 valence electrons. The van der Waals surface area contributed by atoms with Gasteiger partial charge in [-0.25, -0.2) is 4.98 Å². The Morgan fingerprint density at radius 2 is 1.97 bits per heavy atom. The monoisotopic (exact) mass is 444 g/mol. The third-order valence-electron chi connectivity index (χ3n) is 8.85. The third-order valence-corrected chi connectivity index (χ3v) is 8.85. The Labute approximate surface area is 194 Å². The van der Waals surface area contributed by atoms with Crippen molar-refractivity contribution in [3.63, 3.8) is 0 Å². The lowest BCUT2D eigenvalue weighted by Gasteiger charge is -2.43. The molecule has 1 heterocycles. The topological polar surface area (TPSA) is 99.6 Å². The summed E-state index contributed by atoms with van der Waals surface area (Å²) in [7, 11) is 0. The summed E-state index contributed by atoms with van der Waals surface area (Å²) in [6, 6.07) is 8.34. The highest BCUT2D eigenvalue weighted by atomic mass is 16.3. The van der Waals surface area contributed by atoms with Crippen LogP contribution >= 0.6 is 0 Å². The highest BCUT2D eigenvalue weighted by Gasteiger charge is 2.50. The molecule has 6 rings (SSSR count). The number of nitrogens with two attached hydrogens (primary N) is 1. The molecule has 4 aliphatic rings. The van der Waals surface area contributed by atoms with Crippen molar-refractivity contribution in [3.05, 3.63) is 64.9 Å². The Bertz CT molecular complexity index is 1240. The normalized spacial score (nSPS) is 35.9. The molecule has 33 heavy (non-hydrogen) atoms. The van der Waals surface area contributed by atoms with E-state index in [0.717, 1.165) is 34.8 Å². The summed E-state index contributed by atoms with van der Waals surface area (Å²) in [6.07, 6.45) is 10.0. The molecule has 0 aliphatic heterocycles. The van der Waals surface area contributed by atoms with Crippen molar-refractivity contribution in [1.29, 1.82) is 0 Å². The maximum absolute atomic E-state index is 11.4. The average Bonchev–Trinajstić information content (AvgIpc) is 3.03. The first kappa shape index (κ1) is 21.1. The molecule has 1 fully saturated rings. The van der Waals surface area contributed by atoms with Crippen LogP contribution in [0.1, 0.15) is 57.4 Å². The van der Waals surface area contributed by atoms with Gasteiger partial charge in [-0.15, -0.1) is 0 Å². The van der Waals surface area contributed by atoms with E-state index in [1.807, 2.05) is 18.3 Å². The Morgan fingerprint density at radius 3 is 2.82 bits per heavy atom. The van der Waals surface area contributed by atoms with Crippen LogP contribution in [0, 0.1) is 11.3 Å². The molecular formula is C28H32N2O3. The second-order valence-corrected chi connectivity index (χ2v) is 10.8. The van der Waals surface area contributed by atoms with Gasteiger partial charge in [0.15, 0.2) is 0 Å². The van der Waals surface area contributed by atoms with Crippen molar-refractivity contribution in [3.8, 4) is 0 Å². The maximum Gasteiger partial charge on any atom is 0.123 e. The van der Waals surface area contributed by atoms with Gasteiger partial charge in [-0.05, 0) is 90.7 Å². The number of rotatable bonds is 1. The zero-order chi connectivity index (χ0) is 23.0. The van der Waals surface area contributed by atoms with Crippen LogP contribution in [0.2, 0.25) is 0 Å². The molecule has 5 N–H and O–H groups in total. The fourth-order valence-electron chi connectivity index (χ4n) is 7.02. The molecule has 5 atom stereocenters. The number of aliphatic hydroxyl groups is 3. The molecule has 0 spiro atoms. The molecule has 2 aromatic rings. The van der Waals surface area contributed by atoms with E-state index in [-0.39, 0.29) is 5.41 Å². The zero-order valence-electron chi connectivity index (χ0n) is 19.1. The van der Waals surface area contributed by atoms with Crippen LogP contribution in [0.25, 0.3) is 16.3 Å². The first-order chi connectivity index (χ1) is 15.8. The molecule has 0 saturated heterocycles. The van der Waals surface area contributed by atoms with E-state index in [4.69, 9.17) is 5.73 Å². The van der Waals surface area contributed by atoms with Crippen LogP contribution in [-0.4, -0.2) is 38.1 Å². The summed E-state index contributed by atoms with van der Waals surface area (Å²) in [5.74, 6) is 0.839. The van der Waals surface area contributed by atoms with Gasteiger partial charge in [0.1, 0.15) is 5.82 Å². The van der Waals surface area contributed by atoms with Crippen molar-refractivity contribution in [2.75, 3.05) is 5.73 Å². The van der Waals surface area contributed by atoms with Crippen LogP contribution in [0.15, 0.2) is 59.3 Å². The minimum absolute atomic E-state index is 0.163. The van der Waals surface area contributed by atoms with Crippen LogP contribution in [0.5, 0.6) is 0 Å². The van der Waals surface area contributed by atoms with E-state index >= 15 is 0 Å². The molecule has 5 nitrogen and oxygen atoms in total. The summed E-state index contributed by atoms with van der Waals surface area (Å²) in [6.45, 7) is 2.29. The zero-order valence-corrected chi connectivity index (χ0v) is 19.1. The summed E-state index contributed by atoms with van der Waals surface area (Å²) in [5.41, 5.74) is 10.5. The van der Waals surface area contributed by atoms with Gasteiger partial charge in [0.2, 0.25) is 0 Å². The molecule has 0 amide bonds. The van der Waals surface area contributed by atoms with E-state index in [1.165, 1.54) is 16.7 Å². The third kappa shape index (κ3) is 3.21. The minimum Gasteiger partial charge on any atom is -0.393 e. The first-order valence-electron chi connectivity index (χ1n) is 12.2. The van der Waals surface area contributed by atoms with Gasteiger partial charge < -0.3 is 21.1 Å². The Kier molecular flexibility index (Phi) is 4.64. The van der Waals surface area contributed by atoms with E-state index in [1.54, 1.807) is 0 Å². The Hall–Kier alpha value is -2.47. The number of nitrogens with zero attached hydrogens (tertiary/aromatic N) is 1. The number of aliphatic hydroxyl groups excluding tert-OH is 2. The smallest absolute Gasteiger partial charge is 0.123 e. The quantitative estimate of drug-likeness (QED) is 0.526. The van der Waals surface area contributed by atoms with Gasteiger partial charge in [-0.1, -0.05) is 36.8 Å². The number of benzene rings is 1. The largest absolute Gasteiger partial charge is 0.393 e. The van der Waals surface area contributed by atoms with E-state index in [0.29, 0.717) is 43.8 Å². The van der Waals surface area contributed by atoms with Crippen LogP contribution < -0.4 is 5.73 Å². The second-order valence-electron chi connectivity index (χ2n) is 10.8. The van der Waals surface area contributed by atoms with Crippen molar-refractivity contribution in [2.24, 2.45) is 11.3 Å². The summed E-state index contributed by atoms with van der Waals surface area (Å²) in [5, 5.41) is 35.1. The van der Waals surface area contributed by atoms with Crippen molar-refractivity contribution < 1.29 is 15.3 Å². The highest BCUT2D eigenvalue weighted by molar-refractivity contribution is 5.88. The Morgan fingerprint density at radius 1 is 1.12 bits per heavy atom. The van der Waals surface area contributed by atoms with E-state index < -0.39 is 17.8 Å². The number of pyridine rings is 1. The summed E-state index contributed by atoms with van der Waals surface area (Å²) in [4.78, 5) is 4.26. The number of fused-ring (bicyclic) bond motifs is 4. The van der Waals surface area contributed by atoms with Crippen LogP contribution in [-0.2, 0) is 0 Å². The van der Waals surface area contributed by atoms with Crippen molar-refractivity contribution in [1.82, 2.24) is 4.98 Å². The van der Waals surface area contributed by atoms with Crippen LogP contribution in [0.4, 0.5) is 5.82 Å². The highest BCUT2D eigenvalue weighted by Crippen LogP contribution is 2.60. The minimum atomic E-state index is -0.852. The SMILES string of the molecule is CC12CC(O)C3=C(CC[C@@]4(O)CCC(O)CC4=C3)C1CC=C2c1ccc2cc(N)ncc2c1. The fourth-order valence-corrected chi connectivity index (χ4v) is 7.02. The van der Waals surface area contributed by atoms with Gasteiger partial charge >= 0.3 is 0 Å². The molecule has 0 radical (unpaired) electrons. The second kappa shape index (κ2) is 7.26. The van der Waals surface area contributed by atoms with Gasteiger partial charge in [-0.3, -0.25) is 0 Å². The van der Waals surface area contributed by atoms with E-state index in [2.05, 4.69) is 36.2 Å². The average molecular weight is 445 g/mol. The molecule has 1 aromatic carbocycles. The van der Waals surface area contributed by atoms with Crippen LogP contribution in [0.3, 0.4) is 0 Å². The lowest BCUT2D eigenvalue weighted by Crippen LogP contribution is -2.38. The molecule has 1 saturated carbocycles. The van der Waals surface area contributed by atoms with Crippen molar-refractivity contribution >= 4 is 22.2 Å². The Balaban J connectivity index is 1.38. The maximum atomic E-state index is 11.4. The number of hydrogen-bond acceptors (Lipinski definition) is 5. The summed E-state index contributed by atoms with van der Waals surface area (Å²) >= 11 is 0. The molecular weight excluding hydrogens is 412 g/mol. The number of aromatic nitrogens is 1. The molecule has 4 unspecified atom stereocenters. The summed E-state index contributed by atoms with van der Waals surface area (Å²) < 4.78 is 0. The predicted molar refractivity (Wildman–Crippen MR) is 130 cm³/mol. The van der Waals surface area contributed by atoms with E-state index in [9.17, 15) is 15.3 Å². The van der Waals surface area contributed by atoms with Gasteiger partial charge in [-0.2, -0.15) is 0 Å². The number of anilines is 1. The van der Waals surface area contributed by atoms with Gasteiger partial charge in [0.05, 0.1) is 17.8 Å². The number of nitrogen functional groups attached to an aromatic ring is 1. The predicted octanol–water partition coefficient (Wildman–Crippen LogP) is 4.28. The van der Waals surface area contributed by atoms with Gasteiger partial charge in [0, 0.05) is 17.0 Å². The van der Waals surface area contributed by atoms with Gasteiger partial charge in [0.25, 0.3) is 0 Å². The molecule has 5 heteroatoms. The number of hydrogen-bond donors (Lipinski definition) is 4. The molecule has 1 aromatic heterocycles. The lowest BCUT2D eigenvalue weighted by atomic mass is 9.61. The number of allylic oxidation sites excluding steroid dienone is 3. The first-order valence-corrected chi connectivity index (χ1v) is 12.2. The molecule has 0 bridgehead atoms. The van der Waals surface area contributed by atoms with Crippen molar-refractivity contribution in [2.45, 2.75) is 69.7 Å². The fraction of sp³-hybridized carbons (Fsp3) is 0.464. The lowest BCUT2D eigenvalue weighted by molar-refractivity contribution is 0.00863. The molecule has 4 aliphatic carbocycles.